The number of nitrogens with two attached hydrogens (primary N) is 1. The second-order valence-electron chi connectivity index (χ2n) is 8.05. The van der Waals surface area contributed by atoms with Crippen LogP contribution in [-0.4, -0.2) is 38.9 Å². The zero-order valence-electron chi connectivity index (χ0n) is 18.8. The Morgan fingerprint density at radius 2 is 1.53 bits per heavy atom. The summed E-state index contributed by atoms with van der Waals surface area (Å²) in [6, 6.07) is 10.4. The maximum atomic E-state index is 13.7. The number of carbonyl (C=O) groups excluding carboxylic acids is 3. The third-order valence-electron chi connectivity index (χ3n) is 5.48. The van der Waals surface area contributed by atoms with Crippen LogP contribution in [0.4, 0.5) is 17.1 Å². The first-order valence-corrected chi connectivity index (χ1v) is 13.2. The molecule has 0 fully saturated rings. The van der Waals surface area contributed by atoms with E-state index in [0.717, 1.165) is 5.56 Å². The first-order chi connectivity index (χ1) is 16.7. The lowest BCUT2D eigenvalue weighted by molar-refractivity contribution is -0.114. The van der Waals surface area contributed by atoms with Crippen LogP contribution in [0.5, 0.6) is 0 Å². The molecule has 3 aromatic rings. The molecule has 0 aromatic heterocycles. The van der Waals surface area contributed by atoms with Crippen LogP contribution in [-0.2, 0) is 24.9 Å². The molecular formula is C23H19N3O8S2. The van der Waals surface area contributed by atoms with E-state index >= 15 is 0 Å². The van der Waals surface area contributed by atoms with E-state index in [4.69, 9.17) is 5.73 Å². The Labute approximate surface area is 206 Å². The summed E-state index contributed by atoms with van der Waals surface area (Å²) in [6.45, 7) is 2.94. The fourth-order valence-electron chi connectivity index (χ4n) is 3.90. The number of ketones is 2. The molecule has 1 aliphatic carbocycles. The van der Waals surface area contributed by atoms with E-state index in [1.54, 1.807) is 6.92 Å². The van der Waals surface area contributed by atoms with Crippen LogP contribution in [0.1, 0.15) is 44.3 Å². The third kappa shape index (κ3) is 4.23. The minimum atomic E-state index is -5.04. The van der Waals surface area contributed by atoms with E-state index in [0.29, 0.717) is 6.07 Å². The summed E-state index contributed by atoms with van der Waals surface area (Å²) < 4.78 is 62.1. The molecule has 36 heavy (non-hydrogen) atoms. The van der Waals surface area contributed by atoms with Crippen molar-refractivity contribution in [1.82, 2.24) is 0 Å². The van der Waals surface area contributed by atoms with Crippen molar-refractivity contribution in [2.75, 3.05) is 15.8 Å². The first kappa shape index (κ1) is 25.0. The summed E-state index contributed by atoms with van der Waals surface area (Å²) in [5, 5.41) is 2.45. The number of anilines is 3. The zero-order chi connectivity index (χ0) is 26.6. The second kappa shape index (κ2) is 8.55. The number of hydrogen-bond donors (Lipinski definition) is 4. The summed E-state index contributed by atoms with van der Waals surface area (Å²) in [4.78, 5) is 37.6. The molecule has 0 unspecified atom stereocenters. The van der Waals surface area contributed by atoms with Crippen LogP contribution in [0.2, 0.25) is 0 Å². The molecule has 0 spiro atoms. The van der Waals surface area contributed by atoms with Gasteiger partial charge in [0.2, 0.25) is 5.91 Å². The van der Waals surface area contributed by atoms with Crippen LogP contribution in [0.25, 0.3) is 0 Å². The van der Waals surface area contributed by atoms with Crippen molar-refractivity contribution in [1.29, 1.82) is 0 Å². The molecule has 0 saturated heterocycles. The standard InChI is InChI=1S/C23H19N3O8S2/c1-11-6-8-13(9-7-11)35(30,31)26-16-10-17(36(32,33)34)21(24)20-19(16)23(29)18-14(22(20)28)4-3-5-15(18)25-12(2)27/h3-10,26H,24H2,1-2H3,(H,25,27)(H,32,33,34). The predicted octanol–water partition coefficient (Wildman–Crippen LogP) is 2.36. The van der Waals surface area contributed by atoms with Gasteiger partial charge in [-0.25, -0.2) is 8.42 Å². The lowest BCUT2D eigenvalue weighted by Crippen LogP contribution is -2.28. The van der Waals surface area contributed by atoms with Gasteiger partial charge in [-0.3, -0.25) is 23.7 Å². The minimum Gasteiger partial charge on any atom is -0.397 e. The number of nitrogens with one attached hydrogen (secondary N) is 2. The zero-order valence-corrected chi connectivity index (χ0v) is 20.5. The van der Waals surface area contributed by atoms with Crippen molar-refractivity contribution in [3.05, 3.63) is 76.3 Å². The Balaban J connectivity index is 2.02. The van der Waals surface area contributed by atoms with Crippen molar-refractivity contribution in [3.8, 4) is 0 Å². The van der Waals surface area contributed by atoms with Crippen molar-refractivity contribution < 1.29 is 35.8 Å². The summed E-state index contributed by atoms with van der Waals surface area (Å²) in [7, 11) is -9.42. The molecule has 4 rings (SSSR count). The largest absolute Gasteiger partial charge is 0.397 e. The van der Waals surface area contributed by atoms with Crippen LogP contribution < -0.4 is 15.8 Å². The Kier molecular flexibility index (Phi) is 5.95. The van der Waals surface area contributed by atoms with Crippen molar-refractivity contribution >= 4 is 54.7 Å². The van der Waals surface area contributed by atoms with Gasteiger partial charge in [0.15, 0.2) is 11.6 Å². The smallest absolute Gasteiger partial charge is 0.296 e. The molecule has 13 heteroatoms. The van der Waals surface area contributed by atoms with Gasteiger partial charge >= 0.3 is 0 Å². The summed E-state index contributed by atoms with van der Waals surface area (Å²) in [6.07, 6.45) is 0. The molecule has 186 valence electrons. The monoisotopic (exact) mass is 529 g/mol. The van der Waals surface area contributed by atoms with Crippen LogP contribution in [0, 0.1) is 6.92 Å². The van der Waals surface area contributed by atoms with Gasteiger partial charge < -0.3 is 11.1 Å². The fraction of sp³-hybridized carbons (Fsp3) is 0.0870. The van der Waals surface area contributed by atoms with Gasteiger partial charge in [0.1, 0.15) is 4.90 Å². The molecule has 0 saturated carbocycles. The lowest BCUT2D eigenvalue weighted by Gasteiger charge is -2.25. The second-order valence-corrected chi connectivity index (χ2v) is 11.1. The average molecular weight is 530 g/mol. The Bertz CT molecular complexity index is 1690. The normalized spacial score (nSPS) is 13.1. The molecule has 1 aliphatic rings. The summed E-state index contributed by atoms with van der Waals surface area (Å²) >= 11 is 0. The molecule has 0 heterocycles. The van der Waals surface area contributed by atoms with Gasteiger partial charge in [-0.2, -0.15) is 8.42 Å². The highest BCUT2D eigenvalue weighted by Gasteiger charge is 2.38. The number of fused-ring (bicyclic) bond motifs is 2. The Morgan fingerprint density at radius 1 is 0.889 bits per heavy atom. The number of hydrogen-bond acceptors (Lipinski definition) is 8. The van der Waals surface area contributed by atoms with Gasteiger partial charge in [-0.05, 0) is 31.2 Å². The predicted molar refractivity (Wildman–Crippen MR) is 130 cm³/mol. The average Bonchev–Trinajstić information content (AvgIpc) is 2.77. The van der Waals surface area contributed by atoms with Gasteiger partial charge in [-0.1, -0.05) is 29.8 Å². The minimum absolute atomic E-state index is 0.00577. The van der Waals surface area contributed by atoms with Gasteiger partial charge in [-0.15, -0.1) is 0 Å². The highest BCUT2D eigenvalue weighted by molar-refractivity contribution is 7.92. The van der Waals surface area contributed by atoms with Gasteiger partial charge in [0.25, 0.3) is 20.1 Å². The first-order valence-electron chi connectivity index (χ1n) is 10.3. The summed E-state index contributed by atoms with van der Waals surface area (Å²) in [5.74, 6) is -2.32. The molecule has 11 nitrogen and oxygen atoms in total. The van der Waals surface area contributed by atoms with E-state index in [1.807, 2.05) is 0 Å². The maximum absolute atomic E-state index is 13.7. The Morgan fingerprint density at radius 3 is 2.11 bits per heavy atom. The van der Waals surface area contributed by atoms with E-state index in [9.17, 15) is 35.8 Å². The van der Waals surface area contributed by atoms with Crippen molar-refractivity contribution in [2.45, 2.75) is 23.6 Å². The van der Waals surface area contributed by atoms with Crippen molar-refractivity contribution in [2.24, 2.45) is 0 Å². The highest BCUT2D eigenvalue weighted by Crippen LogP contribution is 2.41. The lowest BCUT2D eigenvalue weighted by atomic mass is 9.81. The molecule has 0 radical (unpaired) electrons. The number of sulfonamides is 1. The molecule has 0 atom stereocenters. The number of benzene rings is 3. The number of aryl methyl sites for hydroxylation is 1. The molecule has 0 bridgehead atoms. The maximum Gasteiger partial charge on any atom is 0.296 e. The van der Waals surface area contributed by atoms with Gasteiger partial charge in [0, 0.05) is 12.5 Å². The van der Waals surface area contributed by atoms with E-state index in [-0.39, 0.29) is 21.7 Å². The van der Waals surface area contributed by atoms with Crippen LogP contribution in [0.3, 0.4) is 0 Å². The quantitative estimate of drug-likeness (QED) is 0.222. The van der Waals surface area contributed by atoms with E-state index in [1.165, 1.54) is 49.4 Å². The van der Waals surface area contributed by atoms with Crippen molar-refractivity contribution in [3.63, 3.8) is 0 Å². The van der Waals surface area contributed by atoms with Crippen LogP contribution >= 0.6 is 0 Å². The molecular weight excluding hydrogens is 510 g/mol. The van der Waals surface area contributed by atoms with E-state index in [2.05, 4.69) is 10.0 Å². The SMILES string of the molecule is CC(=O)Nc1cccc2c1C(=O)c1c(NS(=O)(=O)c3ccc(C)cc3)cc(S(=O)(=O)O)c(N)c1C2=O. The van der Waals surface area contributed by atoms with E-state index < -0.39 is 65.0 Å². The number of nitrogen functional groups attached to an aromatic ring is 1. The summed E-state index contributed by atoms with van der Waals surface area (Å²) in [5.41, 5.74) is 3.85. The molecule has 0 aliphatic heterocycles. The Hall–Kier alpha value is -4.07. The highest BCUT2D eigenvalue weighted by atomic mass is 32.2. The number of amides is 1. The van der Waals surface area contributed by atoms with Gasteiger partial charge in [0.05, 0.1) is 38.6 Å². The fourth-order valence-corrected chi connectivity index (χ4v) is 5.61. The third-order valence-corrected chi connectivity index (χ3v) is 7.76. The van der Waals surface area contributed by atoms with Crippen LogP contribution in [0.15, 0.2) is 58.3 Å². The molecule has 5 N–H and O–H groups in total. The molecule has 1 amide bonds. The molecule has 3 aromatic carbocycles. The number of rotatable bonds is 5. The topological polar surface area (TPSA) is 190 Å². The number of carbonyl (C=O) groups is 3.